The van der Waals surface area contributed by atoms with Gasteiger partial charge < -0.3 is 10.4 Å². The van der Waals surface area contributed by atoms with Crippen molar-refractivity contribution in [3.8, 4) is 0 Å². The molecule has 2 aromatic rings. The number of H-pyrrole nitrogens is 1. The summed E-state index contributed by atoms with van der Waals surface area (Å²) in [6.45, 7) is 0. The number of hydrogen-bond donors (Lipinski definition) is 3. The average molecular weight is 311 g/mol. The van der Waals surface area contributed by atoms with Gasteiger partial charge >= 0.3 is 5.97 Å². The Kier molecular flexibility index (Phi) is 3.38. The number of rotatable bonds is 3. The minimum absolute atomic E-state index is 0.0128. The van der Waals surface area contributed by atoms with Crippen LogP contribution in [0.1, 0.15) is 20.8 Å². The smallest absolute Gasteiger partial charge is 0.337 e. The van der Waals surface area contributed by atoms with Gasteiger partial charge in [0.05, 0.1) is 17.4 Å². The third kappa shape index (κ3) is 2.54. The zero-order valence-electron chi connectivity index (χ0n) is 8.85. The van der Waals surface area contributed by atoms with E-state index in [-0.39, 0.29) is 16.9 Å². The van der Waals surface area contributed by atoms with Crippen molar-refractivity contribution in [2.24, 2.45) is 0 Å². The zero-order valence-corrected chi connectivity index (χ0v) is 10.4. The number of carboxylic acid groups (broad SMARTS) is 1. The Morgan fingerprint density at radius 1 is 1.39 bits per heavy atom. The maximum Gasteiger partial charge on any atom is 0.337 e. The second-order valence-corrected chi connectivity index (χ2v) is 4.22. The van der Waals surface area contributed by atoms with E-state index in [0.29, 0.717) is 4.47 Å². The molecule has 1 aromatic carbocycles. The van der Waals surface area contributed by atoms with Gasteiger partial charge in [-0.15, -0.1) is 0 Å². The first-order valence-corrected chi connectivity index (χ1v) is 5.57. The molecule has 8 heteroatoms. The Labute approximate surface area is 109 Å². The molecular formula is C10H7BrN4O3. The van der Waals surface area contributed by atoms with Crippen molar-refractivity contribution in [3.05, 3.63) is 40.1 Å². The second kappa shape index (κ2) is 4.96. The lowest BCUT2D eigenvalue weighted by molar-refractivity contribution is 0.0698. The Morgan fingerprint density at radius 2 is 2.17 bits per heavy atom. The van der Waals surface area contributed by atoms with Crippen LogP contribution in [0.2, 0.25) is 0 Å². The molecule has 0 radical (unpaired) electrons. The van der Waals surface area contributed by atoms with E-state index in [0.717, 1.165) is 0 Å². The van der Waals surface area contributed by atoms with E-state index in [1.54, 1.807) is 6.07 Å². The van der Waals surface area contributed by atoms with E-state index >= 15 is 0 Å². The van der Waals surface area contributed by atoms with E-state index in [9.17, 15) is 9.59 Å². The molecule has 0 saturated carbocycles. The van der Waals surface area contributed by atoms with Crippen molar-refractivity contribution in [3.63, 3.8) is 0 Å². The second-order valence-electron chi connectivity index (χ2n) is 3.30. The standard InChI is InChI=1S/C10H7BrN4O3/c11-5-1-2-7(6(3-5)10(17)18)13-9(16)8-4-12-15-14-8/h1-4H,(H,13,16)(H,17,18)(H,12,14,15). The normalized spacial score (nSPS) is 10.1. The van der Waals surface area contributed by atoms with Crippen LogP contribution in [0.4, 0.5) is 5.69 Å². The quantitative estimate of drug-likeness (QED) is 0.796. The molecular weight excluding hydrogens is 304 g/mol. The van der Waals surface area contributed by atoms with Crippen molar-refractivity contribution >= 4 is 33.5 Å². The number of nitrogens with one attached hydrogen (secondary N) is 2. The monoisotopic (exact) mass is 310 g/mol. The van der Waals surface area contributed by atoms with E-state index in [2.05, 4.69) is 36.7 Å². The lowest BCUT2D eigenvalue weighted by Gasteiger charge is -2.07. The van der Waals surface area contributed by atoms with Crippen LogP contribution in [0, 0.1) is 0 Å². The first-order valence-electron chi connectivity index (χ1n) is 4.78. The summed E-state index contributed by atoms with van der Waals surface area (Å²) < 4.78 is 0.610. The van der Waals surface area contributed by atoms with Crippen molar-refractivity contribution in [2.45, 2.75) is 0 Å². The van der Waals surface area contributed by atoms with Crippen LogP contribution in [0.5, 0.6) is 0 Å². The summed E-state index contributed by atoms with van der Waals surface area (Å²) in [6.07, 6.45) is 1.24. The number of carboxylic acids is 1. The molecule has 0 aliphatic carbocycles. The van der Waals surface area contributed by atoms with Crippen LogP contribution in [0.3, 0.4) is 0 Å². The molecule has 1 aromatic heterocycles. The fraction of sp³-hybridized carbons (Fsp3) is 0. The highest BCUT2D eigenvalue weighted by Crippen LogP contribution is 2.21. The first-order chi connectivity index (χ1) is 8.58. The Balaban J connectivity index is 2.29. The van der Waals surface area contributed by atoms with Gasteiger partial charge in [0.15, 0.2) is 5.69 Å². The third-order valence-corrected chi connectivity index (χ3v) is 2.60. The van der Waals surface area contributed by atoms with Gasteiger partial charge in [0.1, 0.15) is 0 Å². The number of amides is 1. The van der Waals surface area contributed by atoms with Crippen LogP contribution in [0.25, 0.3) is 0 Å². The van der Waals surface area contributed by atoms with E-state index < -0.39 is 11.9 Å². The van der Waals surface area contributed by atoms with Crippen LogP contribution in [-0.4, -0.2) is 32.4 Å². The van der Waals surface area contributed by atoms with Gasteiger partial charge in [-0.1, -0.05) is 15.9 Å². The molecule has 0 spiro atoms. The predicted molar refractivity (Wildman–Crippen MR) is 65.4 cm³/mol. The van der Waals surface area contributed by atoms with Crippen molar-refractivity contribution in [1.29, 1.82) is 0 Å². The van der Waals surface area contributed by atoms with Gasteiger partial charge in [0.2, 0.25) is 0 Å². The number of carbonyl (C=O) groups excluding carboxylic acids is 1. The molecule has 0 fully saturated rings. The molecule has 3 N–H and O–H groups in total. The van der Waals surface area contributed by atoms with Crippen LogP contribution in [-0.2, 0) is 0 Å². The third-order valence-electron chi connectivity index (χ3n) is 2.11. The fourth-order valence-electron chi connectivity index (χ4n) is 1.30. The lowest BCUT2D eigenvalue weighted by Crippen LogP contribution is -2.15. The molecule has 0 atom stereocenters. The zero-order chi connectivity index (χ0) is 13.1. The molecule has 0 aliphatic rings. The molecule has 1 heterocycles. The van der Waals surface area contributed by atoms with Gasteiger partial charge in [-0.25, -0.2) is 4.79 Å². The average Bonchev–Trinajstić information content (AvgIpc) is 2.84. The van der Waals surface area contributed by atoms with Gasteiger partial charge in [-0.3, -0.25) is 4.79 Å². The van der Waals surface area contributed by atoms with E-state index in [1.807, 2.05) is 0 Å². The van der Waals surface area contributed by atoms with Crippen LogP contribution < -0.4 is 5.32 Å². The maximum atomic E-state index is 11.7. The summed E-state index contributed by atoms with van der Waals surface area (Å²) in [4.78, 5) is 22.7. The topological polar surface area (TPSA) is 108 Å². The number of benzene rings is 1. The lowest BCUT2D eigenvalue weighted by atomic mass is 10.2. The Bertz CT molecular complexity index is 597. The summed E-state index contributed by atoms with van der Waals surface area (Å²) in [7, 11) is 0. The Morgan fingerprint density at radius 3 is 2.78 bits per heavy atom. The van der Waals surface area contributed by atoms with Crippen LogP contribution in [0.15, 0.2) is 28.9 Å². The van der Waals surface area contributed by atoms with E-state index in [4.69, 9.17) is 5.11 Å². The number of anilines is 1. The molecule has 0 saturated heterocycles. The molecule has 92 valence electrons. The summed E-state index contributed by atoms with van der Waals surface area (Å²) in [5, 5.41) is 20.9. The highest BCUT2D eigenvalue weighted by Gasteiger charge is 2.15. The number of aromatic nitrogens is 3. The van der Waals surface area contributed by atoms with Crippen molar-refractivity contribution in [1.82, 2.24) is 15.4 Å². The number of aromatic carboxylic acids is 1. The number of nitrogens with zero attached hydrogens (tertiary/aromatic N) is 2. The van der Waals surface area contributed by atoms with Crippen molar-refractivity contribution in [2.75, 3.05) is 5.32 Å². The van der Waals surface area contributed by atoms with Crippen LogP contribution >= 0.6 is 15.9 Å². The summed E-state index contributed by atoms with van der Waals surface area (Å²) in [5.74, 6) is -1.67. The molecule has 0 bridgehead atoms. The molecule has 18 heavy (non-hydrogen) atoms. The number of aromatic amines is 1. The highest BCUT2D eigenvalue weighted by molar-refractivity contribution is 9.10. The minimum Gasteiger partial charge on any atom is -0.478 e. The van der Waals surface area contributed by atoms with E-state index in [1.165, 1.54) is 18.3 Å². The van der Waals surface area contributed by atoms with Gasteiger partial charge in [0.25, 0.3) is 5.91 Å². The van der Waals surface area contributed by atoms with Crippen molar-refractivity contribution < 1.29 is 14.7 Å². The summed E-state index contributed by atoms with van der Waals surface area (Å²) in [5.41, 5.74) is 0.258. The predicted octanol–water partition coefficient (Wildman–Crippen LogP) is 1.52. The van der Waals surface area contributed by atoms with Gasteiger partial charge in [0, 0.05) is 4.47 Å². The fourth-order valence-corrected chi connectivity index (χ4v) is 1.66. The first kappa shape index (κ1) is 12.2. The minimum atomic E-state index is -1.13. The maximum absolute atomic E-state index is 11.7. The van der Waals surface area contributed by atoms with Gasteiger partial charge in [-0.05, 0) is 18.2 Å². The molecule has 2 rings (SSSR count). The van der Waals surface area contributed by atoms with Gasteiger partial charge in [-0.2, -0.15) is 15.4 Å². The summed E-state index contributed by atoms with van der Waals surface area (Å²) in [6, 6.07) is 4.52. The largest absolute Gasteiger partial charge is 0.478 e. The molecule has 0 aliphatic heterocycles. The molecule has 7 nitrogen and oxygen atoms in total. The summed E-state index contributed by atoms with van der Waals surface area (Å²) >= 11 is 3.17. The molecule has 0 unspecified atom stereocenters. The highest BCUT2D eigenvalue weighted by atomic mass is 79.9. The molecule has 1 amide bonds. The number of carbonyl (C=O) groups is 2. The SMILES string of the molecule is O=C(Nc1ccc(Br)cc1C(=O)O)c1cn[nH]n1. The number of halogens is 1. The number of hydrogen-bond acceptors (Lipinski definition) is 4. The Hall–Kier alpha value is -2.22.